The maximum atomic E-state index is 12.5. The number of halogens is 1. The van der Waals surface area contributed by atoms with Gasteiger partial charge in [0, 0.05) is 47.6 Å². The normalized spacial score (nSPS) is 18.0. The van der Waals surface area contributed by atoms with E-state index in [9.17, 15) is 4.79 Å². The fraction of sp³-hybridized carbons (Fsp3) is 0.333. The summed E-state index contributed by atoms with van der Waals surface area (Å²) in [6.45, 7) is 1.08. The lowest BCUT2D eigenvalue weighted by Crippen LogP contribution is -2.40. The monoisotopic (exact) mass is 507 g/mol. The van der Waals surface area contributed by atoms with E-state index < -0.39 is 0 Å². The molecule has 1 radical (unpaired) electrons. The molecular weight excluding hydrogens is 488 g/mol. The SMILES string of the molecule is N#Cc1ccnc(OCC(=O)N2CCC(c3nc(C4=NOC(c5[c]cccc5Cl)C4)cs3)CC2)n1. The number of oxime groups is 1. The predicted octanol–water partition coefficient (Wildman–Crippen LogP) is 3.91. The largest absolute Gasteiger partial charge is 0.453 e. The zero-order valence-corrected chi connectivity index (χ0v) is 20.1. The minimum atomic E-state index is -0.256. The molecule has 1 amide bonds. The summed E-state index contributed by atoms with van der Waals surface area (Å²) in [5, 5.41) is 16.8. The molecule has 0 N–H and O–H groups in total. The van der Waals surface area contributed by atoms with Crippen molar-refractivity contribution in [2.75, 3.05) is 19.7 Å². The first-order valence-corrected chi connectivity index (χ1v) is 12.3. The predicted molar refractivity (Wildman–Crippen MR) is 128 cm³/mol. The summed E-state index contributed by atoms with van der Waals surface area (Å²) in [6, 6.07) is 12.0. The van der Waals surface area contributed by atoms with Crippen LogP contribution in [0.15, 0.2) is 41.0 Å². The van der Waals surface area contributed by atoms with Crippen LogP contribution in [0.2, 0.25) is 5.02 Å². The van der Waals surface area contributed by atoms with Gasteiger partial charge in [-0.3, -0.25) is 4.79 Å². The van der Waals surface area contributed by atoms with Crippen LogP contribution in [-0.2, 0) is 9.63 Å². The summed E-state index contributed by atoms with van der Waals surface area (Å²) < 4.78 is 5.37. The Bertz CT molecular complexity index is 1300. The molecular formula is C24H20ClN6O3S. The maximum absolute atomic E-state index is 12.5. The third-order valence-electron chi connectivity index (χ3n) is 5.91. The zero-order valence-electron chi connectivity index (χ0n) is 18.6. The number of rotatable bonds is 6. The average molecular weight is 508 g/mol. The fourth-order valence-electron chi connectivity index (χ4n) is 4.03. The second kappa shape index (κ2) is 10.4. The van der Waals surface area contributed by atoms with Gasteiger partial charge in [0.25, 0.3) is 5.91 Å². The van der Waals surface area contributed by atoms with Gasteiger partial charge in [0.15, 0.2) is 12.7 Å². The van der Waals surface area contributed by atoms with Gasteiger partial charge < -0.3 is 14.5 Å². The van der Waals surface area contributed by atoms with Crippen molar-refractivity contribution in [3.63, 3.8) is 0 Å². The molecule has 1 unspecified atom stereocenters. The molecule has 1 saturated heterocycles. The van der Waals surface area contributed by atoms with Crippen LogP contribution in [-0.4, -0.2) is 51.2 Å². The minimum Gasteiger partial charge on any atom is -0.453 e. The Morgan fingerprint density at radius 2 is 2.20 bits per heavy atom. The Labute approximate surface area is 211 Å². The molecule has 4 heterocycles. The Morgan fingerprint density at radius 1 is 1.34 bits per heavy atom. The number of nitrogens with zero attached hydrogens (tertiary/aromatic N) is 6. The van der Waals surface area contributed by atoms with Crippen LogP contribution in [0.4, 0.5) is 0 Å². The molecule has 2 aliphatic heterocycles. The van der Waals surface area contributed by atoms with Gasteiger partial charge in [-0.25, -0.2) is 9.97 Å². The smallest absolute Gasteiger partial charge is 0.318 e. The number of thiazole rings is 1. The highest BCUT2D eigenvalue weighted by molar-refractivity contribution is 7.10. The summed E-state index contributed by atoms with van der Waals surface area (Å²) in [5.41, 5.74) is 2.62. The number of carbonyl (C=O) groups excluding carboxylic acids is 1. The number of hydrogen-bond donors (Lipinski definition) is 0. The van der Waals surface area contributed by atoms with Crippen LogP contribution in [0.1, 0.15) is 53.2 Å². The molecule has 1 aromatic carbocycles. The van der Waals surface area contributed by atoms with Crippen LogP contribution in [0, 0.1) is 17.4 Å². The molecule has 5 rings (SSSR count). The van der Waals surface area contributed by atoms with Crippen molar-refractivity contribution in [3.05, 3.63) is 68.9 Å². The summed E-state index contributed by atoms with van der Waals surface area (Å²) in [5.74, 6) is 0.152. The number of ether oxygens (including phenoxy) is 1. The molecule has 0 aliphatic carbocycles. The lowest BCUT2D eigenvalue weighted by Gasteiger charge is -2.31. The van der Waals surface area contributed by atoms with Crippen LogP contribution in [0.25, 0.3) is 0 Å². The van der Waals surface area contributed by atoms with Crippen molar-refractivity contribution in [2.24, 2.45) is 5.16 Å². The molecule has 2 aromatic heterocycles. The summed E-state index contributed by atoms with van der Waals surface area (Å²) in [7, 11) is 0. The van der Waals surface area contributed by atoms with Crippen LogP contribution in [0.3, 0.4) is 0 Å². The van der Waals surface area contributed by atoms with Crippen molar-refractivity contribution in [2.45, 2.75) is 31.3 Å². The third kappa shape index (κ3) is 5.26. The summed E-state index contributed by atoms with van der Waals surface area (Å²) in [6.07, 6.45) is 3.40. The van der Waals surface area contributed by atoms with Crippen molar-refractivity contribution < 1.29 is 14.4 Å². The number of piperidine rings is 1. The van der Waals surface area contributed by atoms with E-state index in [-0.39, 0.29) is 36.2 Å². The lowest BCUT2D eigenvalue weighted by molar-refractivity contribution is -0.134. The third-order valence-corrected chi connectivity index (χ3v) is 7.25. The van der Waals surface area contributed by atoms with Crippen LogP contribution in [0.5, 0.6) is 6.01 Å². The molecule has 2 aliphatic rings. The molecule has 1 fully saturated rings. The molecule has 0 saturated carbocycles. The maximum Gasteiger partial charge on any atom is 0.318 e. The van der Waals surface area contributed by atoms with Gasteiger partial charge in [0.05, 0.1) is 10.7 Å². The highest BCUT2D eigenvalue weighted by atomic mass is 35.5. The average Bonchev–Trinajstić information content (AvgIpc) is 3.58. The fourth-order valence-corrected chi connectivity index (χ4v) is 5.28. The summed E-state index contributed by atoms with van der Waals surface area (Å²) >= 11 is 7.88. The number of amides is 1. The number of hydrogen-bond acceptors (Lipinski definition) is 9. The molecule has 11 heteroatoms. The number of benzene rings is 1. The highest BCUT2D eigenvalue weighted by Gasteiger charge is 2.29. The first-order chi connectivity index (χ1) is 17.1. The first kappa shape index (κ1) is 23.2. The van der Waals surface area contributed by atoms with E-state index in [1.807, 2.05) is 29.6 Å². The van der Waals surface area contributed by atoms with Gasteiger partial charge >= 0.3 is 6.01 Å². The molecule has 3 aromatic rings. The van der Waals surface area contributed by atoms with E-state index in [4.69, 9.17) is 31.4 Å². The molecule has 177 valence electrons. The second-order valence-corrected chi connectivity index (χ2v) is 9.42. The molecule has 0 spiro atoms. The van der Waals surface area contributed by atoms with Gasteiger partial charge in [-0.1, -0.05) is 28.9 Å². The van der Waals surface area contributed by atoms with E-state index in [0.717, 1.165) is 34.8 Å². The molecule has 35 heavy (non-hydrogen) atoms. The zero-order chi connectivity index (χ0) is 24.2. The Hall–Kier alpha value is -3.55. The van der Waals surface area contributed by atoms with Crippen molar-refractivity contribution in [1.82, 2.24) is 19.9 Å². The standard InChI is InChI=1S/C24H20ClN6O3S/c25-18-4-2-1-3-17(18)21-11-19(30-34-21)20-14-35-23(29-20)15-6-9-31(10-7-15)22(32)13-33-24-27-8-5-16(12-26)28-24/h1-2,4-5,8,14-15,21H,6-7,9-11,13H2. The van der Waals surface area contributed by atoms with E-state index in [2.05, 4.69) is 21.2 Å². The van der Waals surface area contributed by atoms with Crippen molar-refractivity contribution in [1.29, 1.82) is 5.26 Å². The minimum absolute atomic E-state index is 0.0241. The van der Waals surface area contributed by atoms with Gasteiger partial charge in [-0.05, 0) is 31.0 Å². The molecule has 0 bridgehead atoms. The number of likely N-dealkylation sites (tertiary alicyclic amines) is 1. The van der Waals surface area contributed by atoms with E-state index >= 15 is 0 Å². The highest BCUT2D eigenvalue weighted by Crippen LogP contribution is 2.35. The Balaban J connectivity index is 1.12. The number of aromatic nitrogens is 3. The van der Waals surface area contributed by atoms with Gasteiger partial charge in [-0.15, -0.1) is 11.3 Å². The number of nitriles is 1. The quantitative estimate of drug-likeness (QED) is 0.497. The second-order valence-electron chi connectivity index (χ2n) is 8.12. The van der Waals surface area contributed by atoms with Gasteiger partial charge in [0.2, 0.25) is 0 Å². The topological polar surface area (TPSA) is 114 Å². The van der Waals surface area contributed by atoms with Crippen molar-refractivity contribution in [3.8, 4) is 12.1 Å². The van der Waals surface area contributed by atoms with Gasteiger partial charge in [0.1, 0.15) is 17.5 Å². The summed E-state index contributed by atoms with van der Waals surface area (Å²) in [4.78, 5) is 32.6. The van der Waals surface area contributed by atoms with E-state index in [1.165, 1.54) is 12.3 Å². The lowest BCUT2D eigenvalue weighted by atomic mass is 9.97. The van der Waals surface area contributed by atoms with Crippen LogP contribution >= 0.6 is 22.9 Å². The first-order valence-electron chi connectivity index (χ1n) is 11.1. The molecule has 9 nitrogen and oxygen atoms in total. The number of carbonyl (C=O) groups is 1. The Morgan fingerprint density at radius 3 is 3.00 bits per heavy atom. The van der Waals surface area contributed by atoms with E-state index in [1.54, 1.807) is 16.2 Å². The van der Waals surface area contributed by atoms with E-state index in [0.29, 0.717) is 24.5 Å². The van der Waals surface area contributed by atoms with Crippen LogP contribution < -0.4 is 4.74 Å². The van der Waals surface area contributed by atoms with Crippen molar-refractivity contribution >= 4 is 34.6 Å². The Kier molecular flexibility index (Phi) is 6.88. The molecule has 1 atom stereocenters. The van der Waals surface area contributed by atoms with Gasteiger partial charge in [-0.2, -0.15) is 10.2 Å².